The van der Waals surface area contributed by atoms with Gasteiger partial charge in [0.05, 0.1) is 49.3 Å². The predicted molar refractivity (Wildman–Crippen MR) is 169 cm³/mol. The van der Waals surface area contributed by atoms with Crippen LogP contribution in [0.25, 0.3) is 0 Å². The summed E-state index contributed by atoms with van der Waals surface area (Å²) >= 11 is 0. The Balaban J connectivity index is 1.36. The van der Waals surface area contributed by atoms with E-state index in [0.717, 1.165) is 5.56 Å². The number of fused-ring (bicyclic) bond motifs is 2. The summed E-state index contributed by atoms with van der Waals surface area (Å²) < 4.78 is 46.2. The second kappa shape index (κ2) is 15.0. The molecule has 0 radical (unpaired) electrons. The number of sulfonamides is 1. The Morgan fingerprint density at radius 3 is 2.72 bits per heavy atom. The minimum Gasteiger partial charge on any atom is -0.443 e. The van der Waals surface area contributed by atoms with Crippen molar-refractivity contribution < 1.29 is 42.4 Å². The quantitative estimate of drug-likeness (QED) is 0.221. The first-order valence-electron chi connectivity index (χ1n) is 15.5. The third-order valence-electron chi connectivity index (χ3n) is 8.29. The van der Waals surface area contributed by atoms with Crippen LogP contribution in [0.4, 0.5) is 10.5 Å². The molecule has 2 saturated heterocycles. The SMILES string of the molecule is CC(C)CN(CC(O)C(Cc1ccccc1)NC(=O)OC1COC2OCCC12)S(=O)(=O)c1ccc2c(c1)C(C=NCCO)C(=O)N2. The number of aliphatic hydroxyl groups excluding tert-OH is 2. The molecule has 14 heteroatoms. The van der Waals surface area contributed by atoms with E-state index >= 15 is 0 Å². The number of carbonyl (C=O) groups excluding carboxylic acids is 2. The van der Waals surface area contributed by atoms with Crippen LogP contribution in [0, 0.1) is 11.8 Å². The van der Waals surface area contributed by atoms with E-state index in [1.54, 1.807) is 0 Å². The van der Waals surface area contributed by atoms with Gasteiger partial charge in [-0.05, 0) is 48.1 Å². The van der Waals surface area contributed by atoms with Crippen LogP contribution in [0.2, 0.25) is 0 Å². The number of alkyl carbamates (subject to hydrolysis) is 1. The first-order chi connectivity index (χ1) is 22.1. The molecule has 0 aromatic heterocycles. The van der Waals surface area contributed by atoms with Crippen molar-refractivity contribution >= 4 is 33.9 Å². The van der Waals surface area contributed by atoms with Crippen molar-refractivity contribution in [1.82, 2.24) is 9.62 Å². The van der Waals surface area contributed by atoms with Gasteiger partial charge in [-0.15, -0.1) is 0 Å². The molecule has 2 aromatic carbocycles. The monoisotopic (exact) mass is 658 g/mol. The van der Waals surface area contributed by atoms with Crippen LogP contribution < -0.4 is 10.6 Å². The molecule has 2 amide bonds. The first kappa shape index (κ1) is 33.9. The van der Waals surface area contributed by atoms with Gasteiger partial charge in [0.2, 0.25) is 15.9 Å². The summed E-state index contributed by atoms with van der Waals surface area (Å²) in [5, 5.41) is 26.1. The number of hydrogen-bond donors (Lipinski definition) is 4. The van der Waals surface area contributed by atoms with Crippen molar-refractivity contribution in [2.75, 3.05) is 44.8 Å². The molecule has 46 heavy (non-hydrogen) atoms. The number of hydrogen-bond acceptors (Lipinski definition) is 10. The molecule has 2 aromatic rings. The number of aliphatic hydroxyl groups is 2. The molecule has 0 spiro atoms. The lowest BCUT2D eigenvalue weighted by atomic mass is 10.0. The molecule has 6 atom stereocenters. The molecule has 4 N–H and O–H groups in total. The zero-order valence-electron chi connectivity index (χ0n) is 25.9. The fourth-order valence-electron chi connectivity index (χ4n) is 5.99. The molecule has 3 aliphatic heterocycles. The van der Waals surface area contributed by atoms with Gasteiger partial charge in [-0.25, -0.2) is 13.2 Å². The first-order valence-corrected chi connectivity index (χ1v) is 17.0. The lowest BCUT2D eigenvalue weighted by molar-refractivity contribution is -0.115. The van der Waals surface area contributed by atoms with Crippen molar-refractivity contribution in [2.24, 2.45) is 16.8 Å². The highest BCUT2D eigenvalue weighted by atomic mass is 32.2. The highest BCUT2D eigenvalue weighted by Crippen LogP contribution is 2.35. The van der Waals surface area contributed by atoms with Gasteiger partial charge in [0.15, 0.2) is 6.29 Å². The average Bonchev–Trinajstić information content (AvgIpc) is 3.72. The number of amides is 2. The third kappa shape index (κ3) is 7.93. The molecule has 5 rings (SSSR count). The standard InChI is InChI=1S/C32H42N4O9S/c1-20(2)17-36(46(41,42)22-8-9-26-24(15-22)25(30(39)34-26)16-33-11-12-37)18-28(38)27(14-21-6-4-3-5-7-21)35-32(40)45-29-19-44-31-23(29)10-13-43-31/h3-9,15-16,20,23,25,27-29,31,37-38H,10-14,17-19H2,1-2H3,(H,34,39)(H,35,40). The molecule has 3 aliphatic rings. The largest absolute Gasteiger partial charge is 0.443 e. The maximum atomic E-state index is 14.1. The van der Waals surface area contributed by atoms with E-state index in [0.29, 0.717) is 24.3 Å². The molecule has 0 saturated carbocycles. The Morgan fingerprint density at radius 2 is 1.98 bits per heavy atom. The second-order valence-corrected chi connectivity index (χ2v) is 14.1. The van der Waals surface area contributed by atoms with Crippen molar-refractivity contribution in [1.29, 1.82) is 0 Å². The van der Waals surface area contributed by atoms with Crippen molar-refractivity contribution in [3.63, 3.8) is 0 Å². The highest BCUT2D eigenvalue weighted by molar-refractivity contribution is 7.89. The summed E-state index contributed by atoms with van der Waals surface area (Å²) in [5.74, 6) is -1.30. The number of carbonyl (C=O) groups is 2. The Morgan fingerprint density at radius 1 is 1.20 bits per heavy atom. The van der Waals surface area contributed by atoms with Gasteiger partial charge in [-0.2, -0.15) is 4.31 Å². The normalized spacial score (nSPS) is 23.8. The molecular formula is C32H42N4O9S. The average molecular weight is 659 g/mol. The Bertz CT molecular complexity index is 1500. The lowest BCUT2D eigenvalue weighted by Gasteiger charge is -2.31. The second-order valence-electron chi connectivity index (χ2n) is 12.2. The van der Waals surface area contributed by atoms with Gasteiger partial charge >= 0.3 is 6.09 Å². The van der Waals surface area contributed by atoms with E-state index < -0.39 is 46.6 Å². The fourth-order valence-corrected chi connectivity index (χ4v) is 7.65. The van der Waals surface area contributed by atoms with E-state index in [-0.39, 0.29) is 61.9 Å². The Kier molecular flexibility index (Phi) is 11.1. The topological polar surface area (TPSA) is 176 Å². The summed E-state index contributed by atoms with van der Waals surface area (Å²) in [4.78, 5) is 29.7. The maximum Gasteiger partial charge on any atom is 0.407 e. The van der Waals surface area contributed by atoms with E-state index in [1.165, 1.54) is 28.7 Å². The van der Waals surface area contributed by atoms with E-state index in [9.17, 15) is 23.1 Å². The van der Waals surface area contributed by atoms with Crippen LogP contribution in [0.15, 0.2) is 58.4 Å². The minimum atomic E-state index is -4.17. The fraction of sp³-hybridized carbons (Fsp3) is 0.531. The van der Waals surface area contributed by atoms with Crippen LogP contribution >= 0.6 is 0 Å². The molecule has 250 valence electrons. The van der Waals surface area contributed by atoms with Gasteiger partial charge in [-0.1, -0.05) is 44.2 Å². The van der Waals surface area contributed by atoms with Crippen molar-refractivity contribution in [2.45, 2.75) is 62.0 Å². The lowest BCUT2D eigenvalue weighted by Crippen LogP contribution is -2.51. The predicted octanol–water partition coefficient (Wildman–Crippen LogP) is 1.89. The number of rotatable bonds is 14. The summed E-state index contributed by atoms with van der Waals surface area (Å²) in [6, 6.07) is 12.8. The number of anilines is 1. The zero-order chi connectivity index (χ0) is 32.8. The van der Waals surface area contributed by atoms with E-state index in [4.69, 9.17) is 19.3 Å². The molecule has 13 nitrogen and oxygen atoms in total. The molecule has 3 heterocycles. The van der Waals surface area contributed by atoms with Crippen LogP contribution in [-0.2, 0) is 35.4 Å². The van der Waals surface area contributed by atoms with Crippen LogP contribution in [0.1, 0.15) is 37.3 Å². The number of aliphatic imine (C=N–C) groups is 1. The van der Waals surface area contributed by atoms with Gasteiger partial charge in [0, 0.05) is 25.0 Å². The van der Waals surface area contributed by atoms with Gasteiger partial charge in [0.1, 0.15) is 12.0 Å². The third-order valence-corrected chi connectivity index (χ3v) is 10.1. The summed E-state index contributed by atoms with van der Waals surface area (Å²) in [7, 11) is -4.17. The minimum absolute atomic E-state index is 0.0438. The molecule has 6 unspecified atom stereocenters. The van der Waals surface area contributed by atoms with Crippen LogP contribution in [0.3, 0.4) is 0 Å². The number of benzene rings is 2. The van der Waals surface area contributed by atoms with Crippen LogP contribution in [0.5, 0.6) is 0 Å². The summed E-state index contributed by atoms with van der Waals surface area (Å²) in [5.41, 5.74) is 1.77. The molecular weight excluding hydrogens is 616 g/mol. The number of nitrogens with one attached hydrogen (secondary N) is 2. The molecule has 2 fully saturated rings. The highest BCUT2D eigenvalue weighted by Gasteiger charge is 2.44. The van der Waals surface area contributed by atoms with Crippen molar-refractivity contribution in [3.8, 4) is 0 Å². The number of nitrogens with zero attached hydrogens (tertiary/aromatic N) is 2. The summed E-state index contributed by atoms with van der Waals surface area (Å²) in [6.45, 7) is 4.21. The van der Waals surface area contributed by atoms with Gasteiger partial charge in [-0.3, -0.25) is 9.79 Å². The Labute approximate surface area is 269 Å². The van der Waals surface area contributed by atoms with Crippen LogP contribution in [-0.4, -0.2) is 105 Å². The smallest absolute Gasteiger partial charge is 0.407 e. The van der Waals surface area contributed by atoms with Gasteiger partial charge in [0.25, 0.3) is 0 Å². The van der Waals surface area contributed by atoms with E-state index in [2.05, 4.69) is 15.6 Å². The number of ether oxygens (including phenoxy) is 3. The molecule has 0 aliphatic carbocycles. The maximum absolute atomic E-state index is 14.1. The summed E-state index contributed by atoms with van der Waals surface area (Å²) in [6.07, 6.45) is -0.578. The van der Waals surface area contributed by atoms with E-state index in [1.807, 2.05) is 44.2 Å². The van der Waals surface area contributed by atoms with Crippen molar-refractivity contribution in [3.05, 3.63) is 59.7 Å². The molecule has 0 bridgehead atoms. The van der Waals surface area contributed by atoms with Gasteiger partial charge < -0.3 is 35.1 Å². The zero-order valence-corrected chi connectivity index (χ0v) is 26.8. The Hall–Kier alpha value is -3.40.